The molecule has 2 heterocycles. The molecule has 1 N–H and O–H groups in total. The van der Waals surface area contributed by atoms with Crippen molar-refractivity contribution in [3.63, 3.8) is 0 Å². The topological polar surface area (TPSA) is 54.5 Å². The summed E-state index contributed by atoms with van der Waals surface area (Å²) in [4.78, 5) is 19.2. The number of methoxy groups -OCH3 is 1. The van der Waals surface area contributed by atoms with Gasteiger partial charge in [0.1, 0.15) is 11.6 Å². The summed E-state index contributed by atoms with van der Waals surface area (Å²) in [6.45, 7) is 1.77. The third-order valence-corrected chi connectivity index (χ3v) is 5.00. The fraction of sp³-hybridized carbons (Fsp3) is 0.474. The van der Waals surface area contributed by atoms with Crippen LogP contribution >= 0.6 is 0 Å². The Labute approximate surface area is 142 Å². The summed E-state index contributed by atoms with van der Waals surface area (Å²) in [6, 6.07) is 10.5. The average Bonchev–Trinajstić information content (AvgIpc) is 3.45. The van der Waals surface area contributed by atoms with Crippen molar-refractivity contribution >= 4 is 22.6 Å². The standard InChI is InChI=1S/C19H23N3O2/c1-24-16-5-6-17-14(12-16)2-7-18(21-17)22-10-8-13(9-11-22)19(23)20-15-3-4-15/h2,5-7,12-13,15H,3-4,8-11H2,1H3,(H,20,23). The van der Waals surface area contributed by atoms with Gasteiger partial charge in [0.2, 0.25) is 5.91 Å². The zero-order valence-corrected chi connectivity index (χ0v) is 14.0. The van der Waals surface area contributed by atoms with Gasteiger partial charge in [-0.05, 0) is 56.0 Å². The highest BCUT2D eigenvalue weighted by molar-refractivity contribution is 5.82. The molecule has 0 radical (unpaired) electrons. The number of aromatic nitrogens is 1. The molecule has 2 aliphatic rings. The number of piperidine rings is 1. The van der Waals surface area contributed by atoms with Crippen molar-refractivity contribution in [1.29, 1.82) is 0 Å². The molecule has 1 saturated carbocycles. The van der Waals surface area contributed by atoms with Crippen molar-refractivity contribution < 1.29 is 9.53 Å². The quantitative estimate of drug-likeness (QED) is 0.939. The number of nitrogens with zero attached hydrogens (tertiary/aromatic N) is 2. The normalized spacial score (nSPS) is 18.6. The lowest BCUT2D eigenvalue weighted by Gasteiger charge is -2.32. The van der Waals surface area contributed by atoms with Crippen LogP contribution in [0.15, 0.2) is 30.3 Å². The smallest absolute Gasteiger partial charge is 0.223 e. The molecular weight excluding hydrogens is 302 g/mol. The van der Waals surface area contributed by atoms with Gasteiger partial charge in [-0.25, -0.2) is 4.98 Å². The number of fused-ring (bicyclic) bond motifs is 1. The molecule has 1 saturated heterocycles. The molecule has 5 heteroatoms. The maximum absolute atomic E-state index is 12.2. The number of rotatable bonds is 4. The Morgan fingerprint density at radius 3 is 2.67 bits per heavy atom. The second kappa shape index (κ2) is 6.30. The molecule has 2 fully saturated rings. The SMILES string of the molecule is COc1ccc2nc(N3CCC(C(=O)NC4CC4)CC3)ccc2c1. The Kier molecular flexibility index (Phi) is 4.00. The van der Waals surface area contributed by atoms with Crippen LogP contribution < -0.4 is 15.0 Å². The Hall–Kier alpha value is -2.30. The van der Waals surface area contributed by atoms with Crippen molar-refractivity contribution in [2.45, 2.75) is 31.7 Å². The van der Waals surface area contributed by atoms with Crippen LogP contribution in [0.5, 0.6) is 5.75 Å². The molecule has 0 spiro atoms. The Bertz CT molecular complexity index is 749. The molecule has 1 amide bonds. The third kappa shape index (κ3) is 3.16. The van der Waals surface area contributed by atoms with Crippen LogP contribution in [0.1, 0.15) is 25.7 Å². The lowest BCUT2D eigenvalue weighted by Crippen LogP contribution is -2.41. The van der Waals surface area contributed by atoms with Gasteiger partial charge < -0.3 is 15.0 Å². The van der Waals surface area contributed by atoms with E-state index in [9.17, 15) is 4.79 Å². The zero-order valence-electron chi connectivity index (χ0n) is 14.0. The van der Waals surface area contributed by atoms with Gasteiger partial charge in [0.05, 0.1) is 12.6 Å². The second-order valence-corrected chi connectivity index (χ2v) is 6.77. The van der Waals surface area contributed by atoms with E-state index in [0.717, 1.165) is 61.2 Å². The minimum atomic E-state index is 0.159. The Balaban J connectivity index is 1.43. The van der Waals surface area contributed by atoms with Gasteiger partial charge in [-0.15, -0.1) is 0 Å². The monoisotopic (exact) mass is 325 g/mol. The van der Waals surface area contributed by atoms with E-state index in [-0.39, 0.29) is 11.8 Å². The first-order chi connectivity index (χ1) is 11.7. The van der Waals surface area contributed by atoms with Crippen LogP contribution in [0.2, 0.25) is 0 Å². The van der Waals surface area contributed by atoms with Gasteiger partial charge in [0, 0.05) is 30.4 Å². The predicted octanol–water partition coefficient (Wildman–Crippen LogP) is 2.74. The second-order valence-electron chi connectivity index (χ2n) is 6.77. The number of anilines is 1. The number of benzene rings is 1. The summed E-state index contributed by atoms with van der Waals surface area (Å²) in [6.07, 6.45) is 4.11. The van der Waals surface area contributed by atoms with Crippen molar-refractivity contribution in [3.05, 3.63) is 30.3 Å². The molecule has 0 bridgehead atoms. The van der Waals surface area contributed by atoms with Gasteiger partial charge in [-0.2, -0.15) is 0 Å². The number of carbonyl (C=O) groups excluding carboxylic acids is 1. The van der Waals surface area contributed by atoms with Gasteiger partial charge in [0.25, 0.3) is 0 Å². The Morgan fingerprint density at radius 1 is 1.17 bits per heavy atom. The molecule has 0 atom stereocenters. The fourth-order valence-corrected chi connectivity index (χ4v) is 3.31. The van der Waals surface area contributed by atoms with Crippen LogP contribution in [-0.2, 0) is 4.79 Å². The van der Waals surface area contributed by atoms with Gasteiger partial charge in [-0.1, -0.05) is 0 Å². The molecule has 1 aromatic heterocycles. The molecule has 1 aromatic carbocycles. The molecule has 1 aliphatic heterocycles. The van der Waals surface area contributed by atoms with Crippen molar-refractivity contribution in [2.24, 2.45) is 5.92 Å². The number of nitrogens with one attached hydrogen (secondary N) is 1. The molecule has 24 heavy (non-hydrogen) atoms. The van der Waals surface area contributed by atoms with Crippen LogP contribution in [0.4, 0.5) is 5.82 Å². The van der Waals surface area contributed by atoms with Gasteiger partial charge >= 0.3 is 0 Å². The summed E-state index contributed by atoms with van der Waals surface area (Å²) in [5.74, 6) is 2.25. The van der Waals surface area contributed by atoms with E-state index in [1.165, 1.54) is 0 Å². The number of ether oxygens (including phenoxy) is 1. The van der Waals surface area contributed by atoms with Crippen molar-refractivity contribution in [3.8, 4) is 5.75 Å². The van der Waals surface area contributed by atoms with Crippen LogP contribution in [0.3, 0.4) is 0 Å². The lowest BCUT2D eigenvalue weighted by molar-refractivity contribution is -0.125. The lowest BCUT2D eigenvalue weighted by atomic mass is 9.96. The maximum atomic E-state index is 12.2. The summed E-state index contributed by atoms with van der Waals surface area (Å²) in [5, 5.41) is 4.21. The first-order valence-corrected chi connectivity index (χ1v) is 8.73. The average molecular weight is 325 g/mol. The molecule has 0 unspecified atom stereocenters. The highest BCUT2D eigenvalue weighted by atomic mass is 16.5. The van der Waals surface area contributed by atoms with Crippen molar-refractivity contribution in [1.82, 2.24) is 10.3 Å². The molecule has 2 aromatic rings. The van der Waals surface area contributed by atoms with Crippen LogP contribution in [0, 0.1) is 5.92 Å². The minimum Gasteiger partial charge on any atom is -0.497 e. The van der Waals surface area contributed by atoms with E-state index < -0.39 is 0 Å². The fourth-order valence-electron chi connectivity index (χ4n) is 3.31. The zero-order chi connectivity index (χ0) is 16.5. The summed E-state index contributed by atoms with van der Waals surface area (Å²) in [7, 11) is 1.67. The molecule has 1 aliphatic carbocycles. The maximum Gasteiger partial charge on any atom is 0.223 e. The highest BCUT2D eigenvalue weighted by Gasteiger charge is 2.30. The van der Waals surface area contributed by atoms with E-state index in [2.05, 4.69) is 22.3 Å². The van der Waals surface area contributed by atoms with Gasteiger partial charge in [-0.3, -0.25) is 4.79 Å². The summed E-state index contributed by atoms with van der Waals surface area (Å²) < 4.78 is 5.26. The van der Waals surface area contributed by atoms with Crippen LogP contribution in [-0.4, -0.2) is 37.1 Å². The van der Waals surface area contributed by atoms with E-state index in [1.807, 2.05) is 18.2 Å². The third-order valence-electron chi connectivity index (χ3n) is 5.00. The summed E-state index contributed by atoms with van der Waals surface area (Å²) in [5.41, 5.74) is 0.974. The molecule has 5 nitrogen and oxygen atoms in total. The first kappa shape index (κ1) is 15.2. The minimum absolute atomic E-state index is 0.159. The predicted molar refractivity (Wildman–Crippen MR) is 94.4 cm³/mol. The number of amides is 1. The van der Waals surface area contributed by atoms with E-state index >= 15 is 0 Å². The molecular formula is C19H23N3O2. The highest BCUT2D eigenvalue weighted by Crippen LogP contribution is 2.27. The van der Waals surface area contributed by atoms with E-state index in [0.29, 0.717) is 6.04 Å². The number of hydrogen-bond donors (Lipinski definition) is 1. The molecule has 4 rings (SSSR count). The summed E-state index contributed by atoms with van der Waals surface area (Å²) >= 11 is 0. The van der Waals surface area contributed by atoms with E-state index in [1.54, 1.807) is 7.11 Å². The Morgan fingerprint density at radius 2 is 1.96 bits per heavy atom. The largest absolute Gasteiger partial charge is 0.497 e. The van der Waals surface area contributed by atoms with Crippen LogP contribution in [0.25, 0.3) is 10.9 Å². The van der Waals surface area contributed by atoms with Gasteiger partial charge in [0.15, 0.2) is 0 Å². The molecule has 126 valence electrons. The number of hydrogen-bond acceptors (Lipinski definition) is 4. The van der Waals surface area contributed by atoms with Crippen molar-refractivity contribution in [2.75, 3.05) is 25.1 Å². The number of carbonyl (C=O) groups is 1. The van der Waals surface area contributed by atoms with E-state index in [4.69, 9.17) is 9.72 Å². The number of pyridine rings is 1. The first-order valence-electron chi connectivity index (χ1n) is 8.73.